The maximum atomic E-state index is 14.4. The van der Waals surface area contributed by atoms with Crippen molar-refractivity contribution in [3.8, 4) is 0 Å². The van der Waals surface area contributed by atoms with Gasteiger partial charge >= 0.3 is 5.69 Å². The number of pyridine rings is 1. The Balaban J connectivity index is 1.97. The van der Waals surface area contributed by atoms with Crippen LogP contribution >= 0.6 is 15.9 Å². The number of imidazole rings is 1. The van der Waals surface area contributed by atoms with Crippen molar-refractivity contribution in [3.63, 3.8) is 0 Å². The second kappa shape index (κ2) is 5.14. The molecule has 1 saturated heterocycles. The van der Waals surface area contributed by atoms with Gasteiger partial charge in [0.05, 0.1) is 29.4 Å². The lowest BCUT2D eigenvalue weighted by Gasteiger charge is -2.37. The van der Waals surface area contributed by atoms with Gasteiger partial charge in [-0.3, -0.25) is 4.98 Å². The molecule has 0 saturated carbocycles. The number of aromatic amines is 2. The molecule has 2 aromatic heterocycles. The minimum Gasteiger partial charge on any atom is -0.347 e. The van der Waals surface area contributed by atoms with Gasteiger partial charge in [0.15, 0.2) is 0 Å². The van der Waals surface area contributed by atoms with Gasteiger partial charge in [-0.05, 0) is 30.5 Å². The predicted octanol–water partition coefficient (Wildman–Crippen LogP) is 3.53. The fourth-order valence-corrected chi connectivity index (χ4v) is 4.12. The van der Waals surface area contributed by atoms with Crippen LogP contribution < -0.4 is 5.69 Å². The van der Waals surface area contributed by atoms with E-state index in [0.29, 0.717) is 29.6 Å². The quantitative estimate of drug-likeness (QED) is 0.679. The summed E-state index contributed by atoms with van der Waals surface area (Å²) >= 11 is 3.56. The lowest BCUT2D eigenvalue weighted by Crippen LogP contribution is -2.40. The third-order valence-corrected chi connectivity index (χ3v) is 5.32. The van der Waals surface area contributed by atoms with Crippen LogP contribution in [0.3, 0.4) is 0 Å². The highest BCUT2D eigenvalue weighted by molar-refractivity contribution is 9.10. The molecule has 5 nitrogen and oxygen atoms in total. The molecule has 4 rings (SSSR count). The average molecular weight is 380 g/mol. The number of hydrogen-bond donors (Lipinski definition) is 2. The largest absolute Gasteiger partial charge is 0.347 e. The zero-order valence-corrected chi connectivity index (χ0v) is 14.0. The summed E-state index contributed by atoms with van der Waals surface area (Å²) < 4.78 is 20.5. The molecule has 1 fully saturated rings. The highest BCUT2D eigenvalue weighted by atomic mass is 79.9. The van der Waals surface area contributed by atoms with Crippen LogP contribution in [-0.2, 0) is 10.2 Å². The Morgan fingerprint density at radius 3 is 3.04 bits per heavy atom. The van der Waals surface area contributed by atoms with Gasteiger partial charge in [0, 0.05) is 15.3 Å². The van der Waals surface area contributed by atoms with Crippen LogP contribution in [0.2, 0.25) is 0 Å². The number of alkyl halides is 1. The van der Waals surface area contributed by atoms with Crippen LogP contribution in [0.5, 0.6) is 0 Å². The molecule has 2 N–H and O–H groups in total. The fraction of sp³-hybridized carbons (Fsp3) is 0.375. The SMILES string of the molecule is C[C@]1(c2cc3ncc4[nH]c(=O)[nH]c4c3cc2Br)CCCOC1F. The van der Waals surface area contributed by atoms with Gasteiger partial charge in [-0.15, -0.1) is 0 Å². The van der Waals surface area contributed by atoms with Crippen molar-refractivity contribution in [2.45, 2.75) is 31.5 Å². The van der Waals surface area contributed by atoms with E-state index in [9.17, 15) is 9.18 Å². The van der Waals surface area contributed by atoms with E-state index in [2.05, 4.69) is 30.9 Å². The molecular weight excluding hydrogens is 365 g/mol. The summed E-state index contributed by atoms with van der Waals surface area (Å²) in [5.74, 6) is 0. The van der Waals surface area contributed by atoms with Crippen molar-refractivity contribution in [3.05, 3.63) is 38.9 Å². The molecule has 7 heteroatoms. The molecule has 1 unspecified atom stereocenters. The first kappa shape index (κ1) is 14.8. The number of benzene rings is 1. The monoisotopic (exact) mass is 379 g/mol. The van der Waals surface area contributed by atoms with E-state index < -0.39 is 11.8 Å². The van der Waals surface area contributed by atoms with Crippen LogP contribution in [0.4, 0.5) is 4.39 Å². The molecule has 0 aliphatic carbocycles. The molecule has 2 atom stereocenters. The topological polar surface area (TPSA) is 70.8 Å². The minimum atomic E-state index is -1.35. The highest BCUT2D eigenvalue weighted by Gasteiger charge is 2.41. The molecule has 120 valence electrons. The Bertz CT molecular complexity index is 967. The Labute approximate surface area is 139 Å². The number of halogens is 2. The van der Waals surface area contributed by atoms with Gasteiger partial charge in [0.2, 0.25) is 6.36 Å². The summed E-state index contributed by atoms with van der Waals surface area (Å²) in [5.41, 5.74) is 1.91. The zero-order valence-electron chi connectivity index (χ0n) is 12.5. The Morgan fingerprint density at radius 2 is 2.26 bits per heavy atom. The molecule has 0 bridgehead atoms. The standard InChI is InChI=1S/C16H15BrFN3O2/c1-16(3-2-4-23-14(16)18)9-6-11-8(5-10(9)17)13-12(7-19-11)20-15(22)21-13/h5-7,14H,2-4H2,1H3,(H2,20,21,22)/t14?,16-/m1/s1. The summed E-state index contributed by atoms with van der Waals surface area (Å²) in [6.45, 7) is 2.32. The van der Waals surface area contributed by atoms with Crippen LogP contribution in [-0.4, -0.2) is 27.9 Å². The molecule has 0 spiro atoms. The maximum Gasteiger partial charge on any atom is 0.323 e. The van der Waals surface area contributed by atoms with Gasteiger partial charge in [-0.25, -0.2) is 9.18 Å². The minimum absolute atomic E-state index is 0.272. The van der Waals surface area contributed by atoms with E-state index in [-0.39, 0.29) is 5.69 Å². The molecule has 1 aromatic carbocycles. The van der Waals surface area contributed by atoms with Crippen molar-refractivity contribution in [2.75, 3.05) is 6.61 Å². The van der Waals surface area contributed by atoms with Gasteiger partial charge in [0.1, 0.15) is 0 Å². The molecule has 23 heavy (non-hydrogen) atoms. The molecule has 1 aliphatic heterocycles. The molecule has 0 amide bonds. The number of aromatic nitrogens is 3. The first-order valence-electron chi connectivity index (χ1n) is 7.45. The summed E-state index contributed by atoms with van der Waals surface area (Å²) in [4.78, 5) is 21.4. The van der Waals surface area contributed by atoms with Gasteiger partial charge in [0.25, 0.3) is 0 Å². The summed E-state index contributed by atoms with van der Waals surface area (Å²) in [5, 5.41) is 0.812. The molecule has 1 aliphatic rings. The Kier molecular flexibility index (Phi) is 3.32. The second-order valence-electron chi connectivity index (χ2n) is 6.18. The van der Waals surface area contributed by atoms with E-state index >= 15 is 0 Å². The van der Waals surface area contributed by atoms with E-state index in [1.54, 1.807) is 6.20 Å². The van der Waals surface area contributed by atoms with Crippen molar-refractivity contribution < 1.29 is 9.13 Å². The van der Waals surface area contributed by atoms with Crippen LogP contribution in [0.1, 0.15) is 25.3 Å². The molecular formula is C16H15BrFN3O2. The average Bonchev–Trinajstić information content (AvgIpc) is 2.90. The lowest BCUT2D eigenvalue weighted by atomic mass is 9.77. The molecule has 3 aromatic rings. The first-order valence-corrected chi connectivity index (χ1v) is 8.25. The molecule has 3 heterocycles. The second-order valence-corrected chi connectivity index (χ2v) is 7.04. The van der Waals surface area contributed by atoms with Crippen LogP contribution in [0.25, 0.3) is 21.9 Å². The maximum absolute atomic E-state index is 14.4. The number of H-pyrrole nitrogens is 2. The fourth-order valence-electron chi connectivity index (χ4n) is 3.33. The van der Waals surface area contributed by atoms with Crippen molar-refractivity contribution in [2.24, 2.45) is 0 Å². The third-order valence-electron chi connectivity index (χ3n) is 4.66. The normalized spacial score (nSPS) is 25.3. The van der Waals surface area contributed by atoms with Crippen LogP contribution in [0, 0.1) is 0 Å². The lowest BCUT2D eigenvalue weighted by molar-refractivity contribution is -0.118. The highest BCUT2D eigenvalue weighted by Crippen LogP contribution is 2.43. The summed E-state index contributed by atoms with van der Waals surface area (Å²) in [6, 6.07) is 3.77. The first-order chi connectivity index (χ1) is 11.0. The van der Waals surface area contributed by atoms with E-state index in [4.69, 9.17) is 4.74 Å². The van der Waals surface area contributed by atoms with Crippen molar-refractivity contribution in [1.29, 1.82) is 0 Å². The number of hydrogen-bond acceptors (Lipinski definition) is 3. The number of rotatable bonds is 1. The van der Waals surface area contributed by atoms with Crippen molar-refractivity contribution in [1.82, 2.24) is 15.0 Å². The van der Waals surface area contributed by atoms with Gasteiger partial charge in [-0.1, -0.05) is 22.9 Å². The summed E-state index contributed by atoms with van der Waals surface area (Å²) in [6.07, 6.45) is 1.79. The van der Waals surface area contributed by atoms with Crippen LogP contribution in [0.15, 0.2) is 27.6 Å². The Morgan fingerprint density at radius 1 is 1.43 bits per heavy atom. The van der Waals surface area contributed by atoms with Crippen molar-refractivity contribution >= 4 is 37.9 Å². The third kappa shape index (κ3) is 2.21. The molecule has 0 radical (unpaired) electrons. The van der Waals surface area contributed by atoms with Gasteiger partial charge in [-0.2, -0.15) is 0 Å². The number of nitrogens with one attached hydrogen (secondary N) is 2. The number of ether oxygens (including phenoxy) is 1. The number of fused-ring (bicyclic) bond motifs is 3. The summed E-state index contributed by atoms with van der Waals surface area (Å²) in [7, 11) is 0. The van der Waals surface area contributed by atoms with E-state index in [1.165, 1.54) is 0 Å². The smallest absolute Gasteiger partial charge is 0.323 e. The Hall–Kier alpha value is -1.73. The number of nitrogens with zero attached hydrogens (tertiary/aromatic N) is 1. The zero-order chi connectivity index (χ0) is 16.2. The van der Waals surface area contributed by atoms with E-state index in [1.807, 2.05) is 19.1 Å². The van der Waals surface area contributed by atoms with Gasteiger partial charge < -0.3 is 14.7 Å². The van der Waals surface area contributed by atoms with E-state index in [0.717, 1.165) is 21.8 Å². The predicted molar refractivity (Wildman–Crippen MR) is 89.4 cm³/mol.